The first-order valence-electron chi connectivity index (χ1n) is 4.02. The first kappa shape index (κ1) is 11.0. The van der Waals surface area contributed by atoms with Gasteiger partial charge in [-0.3, -0.25) is 0 Å². The molecule has 0 N–H and O–H groups in total. The smallest absolute Gasteiger partial charge is 0.155 e. The fraction of sp³-hybridized carbons (Fsp3) is 1.00. The van der Waals surface area contributed by atoms with E-state index in [-0.39, 0.29) is 16.4 Å². The standard InChI is InChI=1S/C8H18O2S/c1-6(2)8(5)11(9,10)7(3)4/h6-8H,1-5H3. The van der Waals surface area contributed by atoms with Gasteiger partial charge in [0.25, 0.3) is 0 Å². The van der Waals surface area contributed by atoms with E-state index in [2.05, 4.69) is 0 Å². The van der Waals surface area contributed by atoms with Crippen LogP contribution in [0.1, 0.15) is 34.6 Å². The first-order valence-corrected chi connectivity index (χ1v) is 5.63. The summed E-state index contributed by atoms with van der Waals surface area (Å²) in [4.78, 5) is 0. The monoisotopic (exact) mass is 178 g/mol. The second kappa shape index (κ2) is 3.57. The average molecular weight is 178 g/mol. The minimum Gasteiger partial charge on any atom is -0.228 e. The van der Waals surface area contributed by atoms with E-state index in [9.17, 15) is 8.42 Å². The lowest BCUT2D eigenvalue weighted by atomic mass is 10.2. The van der Waals surface area contributed by atoms with Gasteiger partial charge in [0.05, 0.1) is 10.5 Å². The molecule has 0 heterocycles. The van der Waals surface area contributed by atoms with Crippen molar-refractivity contribution in [3.8, 4) is 0 Å². The highest BCUT2D eigenvalue weighted by atomic mass is 32.2. The molecule has 11 heavy (non-hydrogen) atoms. The van der Waals surface area contributed by atoms with Crippen LogP contribution in [0.4, 0.5) is 0 Å². The fourth-order valence-electron chi connectivity index (χ4n) is 0.809. The molecule has 0 aromatic heterocycles. The Morgan fingerprint density at radius 1 is 0.909 bits per heavy atom. The summed E-state index contributed by atoms with van der Waals surface area (Å²) in [7, 11) is -2.88. The molecule has 0 aliphatic carbocycles. The third kappa shape index (κ3) is 2.47. The number of hydrogen-bond donors (Lipinski definition) is 0. The molecule has 0 aromatic rings. The van der Waals surface area contributed by atoms with Crippen molar-refractivity contribution >= 4 is 9.84 Å². The minimum absolute atomic E-state index is 0.211. The van der Waals surface area contributed by atoms with Gasteiger partial charge in [0, 0.05) is 0 Å². The molecule has 0 aliphatic heterocycles. The van der Waals surface area contributed by atoms with Crippen molar-refractivity contribution in [1.29, 1.82) is 0 Å². The molecule has 0 radical (unpaired) electrons. The van der Waals surface area contributed by atoms with Crippen LogP contribution in [-0.2, 0) is 9.84 Å². The maximum atomic E-state index is 11.5. The van der Waals surface area contributed by atoms with Crippen LogP contribution in [0.3, 0.4) is 0 Å². The molecule has 0 aromatic carbocycles. The van der Waals surface area contributed by atoms with Crippen LogP contribution in [0.5, 0.6) is 0 Å². The van der Waals surface area contributed by atoms with E-state index >= 15 is 0 Å². The van der Waals surface area contributed by atoms with Gasteiger partial charge in [-0.15, -0.1) is 0 Å². The van der Waals surface area contributed by atoms with Gasteiger partial charge in [-0.1, -0.05) is 13.8 Å². The molecule has 0 amide bonds. The average Bonchev–Trinajstić information content (AvgIpc) is 1.85. The zero-order valence-electron chi connectivity index (χ0n) is 7.96. The summed E-state index contributed by atoms with van der Waals surface area (Å²) in [6, 6.07) is 0. The predicted octanol–water partition coefficient (Wildman–Crippen LogP) is 1.85. The Bertz CT molecular complexity index is 202. The van der Waals surface area contributed by atoms with E-state index in [0.29, 0.717) is 0 Å². The maximum Gasteiger partial charge on any atom is 0.155 e. The molecule has 1 atom stereocenters. The van der Waals surface area contributed by atoms with Gasteiger partial charge >= 0.3 is 0 Å². The van der Waals surface area contributed by atoms with Crippen molar-refractivity contribution in [2.24, 2.45) is 5.92 Å². The fourth-order valence-corrected chi connectivity index (χ4v) is 2.43. The Balaban J connectivity index is 4.58. The quantitative estimate of drug-likeness (QED) is 0.661. The van der Waals surface area contributed by atoms with Gasteiger partial charge in [-0.2, -0.15) is 0 Å². The van der Waals surface area contributed by atoms with E-state index in [4.69, 9.17) is 0 Å². The summed E-state index contributed by atoms with van der Waals surface area (Å²) < 4.78 is 22.9. The molecular weight excluding hydrogens is 160 g/mol. The van der Waals surface area contributed by atoms with Crippen LogP contribution < -0.4 is 0 Å². The van der Waals surface area contributed by atoms with E-state index in [0.717, 1.165) is 0 Å². The molecule has 2 nitrogen and oxygen atoms in total. The van der Waals surface area contributed by atoms with E-state index in [1.165, 1.54) is 0 Å². The van der Waals surface area contributed by atoms with Crippen LogP contribution in [0.25, 0.3) is 0 Å². The van der Waals surface area contributed by atoms with Crippen molar-refractivity contribution < 1.29 is 8.42 Å². The largest absolute Gasteiger partial charge is 0.228 e. The zero-order valence-corrected chi connectivity index (χ0v) is 8.77. The predicted molar refractivity (Wildman–Crippen MR) is 48.4 cm³/mol. The highest BCUT2D eigenvalue weighted by molar-refractivity contribution is 7.92. The minimum atomic E-state index is -2.88. The summed E-state index contributed by atoms with van der Waals surface area (Å²) in [6.07, 6.45) is 0. The first-order chi connectivity index (χ1) is 4.80. The van der Waals surface area contributed by atoms with Crippen molar-refractivity contribution in [1.82, 2.24) is 0 Å². The maximum absolute atomic E-state index is 11.5. The third-order valence-electron chi connectivity index (χ3n) is 2.11. The Kier molecular flexibility index (Phi) is 3.55. The molecule has 0 bridgehead atoms. The number of rotatable bonds is 3. The summed E-state index contributed by atoms with van der Waals surface area (Å²) in [5, 5.41) is -0.470. The Morgan fingerprint density at radius 3 is 1.36 bits per heavy atom. The van der Waals surface area contributed by atoms with Crippen molar-refractivity contribution in [2.75, 3.05) is 0 Å². The Labute approximate surface area is 69.9 Å². The van der Waals surface area contributed by atoms with Crippen LogP contribution in [0.2, 0.25) is 0 Å². The van der Waals surface area contributed by atoms with Crippen molar-refractivity contribution in [2.45, 2.75) is 45.1 Å². The number of sulfone groups is 1. The lowest BCUT2D eigenvalue weighted by Crippen LogP contribution is -2.29. The molecule has 0 rings (SSSR count). The van der Waals surface area contributed by atoms with Crippen molar-refractivity contribution in [3.63, 3.8) is 0 Å². The summed E-state index contributed by atoms with van der Waals surface area (Å²) in [5.74, 6) is 0.211. The van der Waals surface area contributed by atoms with E-state index in [1.54, 1.807) is 20.8 Å². The highest BCUT2D eigenvalue weighted by Gasteiger charge is 2.26. The second-order valence-corrected chi connectivity index (χ2v) is 6.45. The molecule has 3 heteroatoms. The molecule has 0 fully saturated rings. The molecule has 0 saturated carbocycles. The normalized spacial score (nSPS) is 15.9. The molecule has 0 saturated heterocycles. The van der Waals surface area contributed by atoms with Gasteiger partial charge in [0.15, 0.2) is 9.84 Å². The number of hydrogen-bond acceptors (Lipinski definition) is 2. The van der Waals surface area contributed by atoms with Crippen molar-refractivity contribution in [3.05, 3.63) is 0 Å². The molecular formula is C8H18O2S. The summed E-state index contributed by atoms with van der Waals surface area (Å²) in [6.45, 7) is 9.11. The third-order valence-corrected chi connectivity index (χ3v) is 5.01. The second-order valence-electron chi connectivity index (χ2n) is 3.59. The SMILES string of the molecule is CC(C)C(C)S(=O)(=O)C(C)C. The van der Waals surface area contributed by atoms with Gasteiger partial charge in [0.2, 0.25) is 0 Å². The Hall–Kier alpha value is -0.0500. The van der Waals surface area contributed by atoms with E-state index in [1.807, 2.05) is 13.8 Å². The van der Waals surface area contributed by atoms with Gasteiger partial charge in [-0.25, -0.2) is 8.42 Å². The van der Waals surface area contributed by atoms with Crippen LogP contribution in [-0.4, -0.2) is 18.9 Å². The Morgan fingerprint density at radius 2 is 1.27 bits per heavy atom. The highest BCUT2D eigenvalue weighted by Crippen LogP contribution is 2.16. The van der Waals surface area contributed by atoms with Gasteiger partial charge in [0.1, 0.15) is 0 Å². The summed E-state index contributed by atoms with van der Waals surface area (Å²) >= 11 is 0. The van der Waals surface area contributed by atoms with E-state index < -0.39 is 9.84 Å². The van der Waals surface area contributed by atoms with Crippen LogP contribution in [0, 0.1) is 5.92 Å². The lowest BCUT2D eigenvalue weighted by Gasteiger charge is -2.18. The molecule has 68 valence electrons. The van der Waals surface area contributed by atoms with Crippen LogP contribution in [0.15, 0.2) is 0 Å². The van der Waals surface area contributed by atoms with Gasteiger partial charge < -0.3 is 0 Å². The molecule has 0 spiro atoms. The van der Waals surface area contributed by atoms with Gasteiger partial charge in [-0.05, 0) is 26.7 Å². The molecule has 1 unspecified atom stereocenters. The summed E-state index contributed by atoms with van der Waals surface area (Å²) in [5.41, 5.74) is 0. The zero-order chi connectivity index (χ0) is 9.23. The lowest BCUT2D eigenvalue weighted by molar-refractivity contribution is 0.538. The molecule has 0 aliphatic rings. The van der Waals surface area contributed by atoms with Crippen LogP contribution >= 0.6 is 0 Å². The topological polar surface area (TPSA) is 34.1 Å².